The Morgan fingerprint density at radius 3 is 2.73 bits per heavy atom. The first kappa shape index (κ1) is 22.0. The molecule has 0 unspecified atom stereocenters. The molecule has 1 aromatic heterocycles. The first-order chi connectivity index (χ1) is 12.2. The molecule has 0 saturated carbocycles. The Labute approximate surface area is 170 Å². The lowest BCUT2D eigenvalue weighted by Crippen LogP contribution is -2.31. The van der Waals surface area contributed by atoms with Gasteiger partial charge in [-0.15, -0.1) is 24.0 Å². The van der Waals surface area contributed by atoms with Crippen LogP contribution in [0.15, 0.2) is 27.7 Å². The molecule has 0 spiro atoms. The number of rotatable bonds is 8. The standard InChI is InChI=1S/C17H25N5O3.HI/c1-5-24-15-11-13(8-9-14(15)23-4)21-17(18-3)19-10-6-7-16-20-12(2)22-25-16;/h8-9,11H,5-7,10H2,1-4H3,(H2,18,19,21);1H. The number of hydrogen-bond acceptors (Lipinski definition) is 6. The van der Waals surface area contributed by atoms with Crippen LogP contribution in [0.1, 0.15) is 25.1 Å². The maximum absolute atomic E-state index is 5.58. The van der Waals surface area contributed by atoms with Crippen LogP contribution in [0.2, 0.25) is 0 Å². The van der Waals surface area contributed by atoms with E-state index in [2.05, 4.69) is 25.8 Å². The highest BCUT2D eigenvalue weighted by Gasteiger charge is 2.07. The lowest BCUT2D eigenvalue weighted by Gasteiger charge is -2.14. The van der Waals surface area contributed by atoms with Gasteiger partial charge in [0.1, 0.15) is 0 Å². The zero-order valence-electron chi connectivity index (χ0n) is 15.5. The van der Waals surface area contributed by atoms with E-state index in [9.17, 15) is 0 Å². The van der Waals surface area contributed by atoms with E-state index in [0.717, 1.165) is 25.1 Å². The molecule has 0 atom stereocenters. The fraction of sp³-hybridized carbons (Fsp3) is 0.471. The monoisotopic (exact) mass is 475 g/mol. The van der Waals surface area contributed by atoms with Gasteiger partial charge in [-0.25, -0.2) is 0 Å². The fourth-order valence-corrected chi connectivity index (χ4v) is 2.23. The molecular formula is C17H26IN5O3. The molecule has 8 nitrogen and oxygen atoms in total. The summed E-state index contributed by atoms with van der Waals surface area (Å²) in [7, 11) is 3.35. The van der Waals surface area contributed by atoms with Crippen molar-refractivity contribution in [2.24, 2.45) is 4.99 Å². The second-order valence-electron chi connectivity index (χ2n) is 5.26. The second-order valence-corrected chi connectivity index (χ2v) is 5.26. The van der Waals surface area contributed by atoms with E-state index in [1.54, 1.807) is 14.2 Å². The van der Waals surface area contributed by atoms with E-state index in [1.807, 2.05) is 32.0 Å². The van der Waals surface area contributed by atoms with E-state index in [4.69, 9.17) is 14.0 Å². The van der Waals surface area contributed by atoms with E-state index < -0.39 is 0 Å². The highest BCUT2D eigenvalue weighted by atomic mass is 127. The van der Waals surface area contributed by atoms with Gasteiger partial charge in [0.05, 0.1) is 13.7 Å². The molecule has 2 N–H and O–H groups in total. The molecule has 0 amide bonds. The van der Waals surface area contributed by atoms with Crippen molar-refractivity contribution in [3.63, 3.8) is 0 Å². The number of aliphatic imine (C=N–C) groups is 1. The van der Waals surface area contributed by atoms with Crippen molar-refractivity contribution in [1.82, 2.24) is 15.5 Å². The zero-order chi connectivity index (χ0) is 18.1. The average Bonchev–Trinajstić information content (AvgIpc) is 3.03. The van der Waals surface area contributed by atoms with Crippen LogP contribution < -0.4 is 20.1 Å². The topological polar surface area (TPSA) is 93.8 Å². The van der Waals surface area contributed by atoms with Crippen LogP contribution in [0.3, 0.4) is 0 Å². The fourth-order valence-electron chi connectivity index (χ4n) is 2.23. The molecule has 0 aliphatic heterocycles. The molecule has 9 heteroatoms. The molecule has 2 rings (SSSR count). The third-order valence-electron chi connectivity index (χ3n) is 3.38. The van der Waals surface area contributed by atoms with Crippen molar-refractivity contribution in [3.8, 4) is 11.5 Å². The Morgan fingerprint density at radius 1 is 1.31 bits per heavy atom. The van der Waals surface area contributed by atoms with Crippen molar-refractivity contribution in [2.75, 3.05) is 32.6 Å². The number of nitrogens with zero attached hydrogens (tertiary/aromatic N) is 3. The predicted octanol–water partition coefficient (Wildman–Crippen LogP) is 3.02. The van der Waals surface area contributed by atoms with Crippen LogP contribution in [0.4, 0.5) is 5.69 Å². The van der Waals surface area contributed by atoms with Crippen LogP contribution in [-0.2, 0) is 6.42 Å². The molecule has 0 aliphatic carbocycles. The lowest BCUT2D eigenvalue weighted by molar-refractivity contribution is 0.311. The Morgan fingerprint density at radius 2 is 2.12 bits per heavy atom. The summed E-state index contributed by atoms with van der Waals surface area (Å²) in [5, 5.41) is 10.3. The summed E-state index contributed by atoms with van der Waals surface area (Å²) in [6.07, 6.45) is 1.58. The molecule has 0 saturated heterocycles. The summed E-state index contributed by atoms with van der Waals surface area (Å²) in [5.41, 5.74) is 0.866. The largest absolute Gasteiger partial charge is 0.493 e. The van der Waals surface area contributed by atoms with Crippen molar-refractivity contribution in [2.45, 2.75) is 26.7 Å². The number of anilines is 1. The highest BCUT2D eigenvalue weighted by Crippen LogP contribution is 2.30. The van der Waals surface area contributed by atoms with Crippen LogP contribution in [0.25, 0.3) is 0 Å². The molecule has 2 aromatic rings. The van der Waals surface area contributed by atoms with E-state index in [1.165, 1.54) is 0 Å². The van der Waals surface area contributed by atoms with Gasteiger partial charge < -0.3 is 24.6 Å². The summed E-state index contributed by atoms with van der Waals surface area (Å²) >= 11 is 0. The van der Waals surface area contributed by atoms with Gasteiger partial charge in [0.2, 0.25) is 5.89 Å². The maximum atomic E-state index is 5.58. The number of methoxy groups -OCH3 is 1. The SMILES string of the molecule is CCOc1cc(NC(=NC)NCCCc2nc(C)no2)ccc1OC.I. The molecule has 0 aliphatic rings. The first-order valence-corrected chi connectivity index (χ1v) is 8.24. The molecule has 1 aromatic carbocycles. The number of halogens is 1. The van der Waals surface area contributed by atoms with Gasteiger partial charge in [0.25, 0.3) is 0 Å². The minimum atomic E-state index is 0. The van der Waals surface area contributed by atoms with Crippen molar-refractivity contribution in [1.29, 1.82) is 0 Å². The van der Waals surface area contributed by atoms with Gasteiger partial charge >= 0.3 is 0 Å². The smallest absolute Gasteiger partial charge is 0.226 e. The Hall–Kier alpha value is -2.04. The van der Waals surface area contributed by atoms with Crippen LogP contribution in [-0.4, -0.2) is 43.4 Å². The van der Waals surface area contributed by atoms with Crippen molar-refractivity contribution in [3.05, 3.63) is 29.9 Å². The number of ether oxygens (including phenoxy) is 2. The molecule has 144 valence electrons. The van der Waals surface area contributed by atoms with Crippen LogP contribution >= 0.6 is 24.0 Å². The van der Waals surface area contributed by atoms with Gasteiger partial charge in [0.15, 0.2) is 23.3 Å². The van der Waals surface area contributed by atoms with Crippen LogP contribution in [0, 0.1) is 6.92 Å². The number of benzene rings is 1. The van der Waals surface area contributed by atoms with Gasteiger partial charge in [-0.05, 0) is 32.4 Å². The number of aryl methyl sites for hydroxylation is 2. The highest BCUT2D eigenvalue weighted by molar-refractivity contribution is 14.0. The molecule has 0 fully saturated rings. The predicted molar refractivity (Wildman–Crippen MR) is 112 cm³/mol. The Balaban J connectivity index is 0.00000338. The van der Waals surface area contributed by atoms with E-state index in [-0.39, 0.29) is 24.0 Å². The third kappa shape index (κ3) is 6.70. The van der Waals surface area contributed by atoms with Gasteiger partial charge in [0, 0.05) is 31.8 Å². The second kappa shape index (κ2) is 11.6. The summed E-state index contributed by atoms with van der Waals surface area (Å²) in [6, 6.07) is 5.66. The van der Waals surface area contributed by atoms with Crippen LogP contribution in [0.5, 0.6) is 11.5 Å². The third-order valence-corrected chi connectivity index (χ3v) is 3.38. The lowest BCUT2D eigenvalue weighted by atomic mass is 10.2. The molecule has 26 heavy (non-hydrogen) atoms. The molecular weight excluding hydrogens is 449 g/mol. The van der Waals surface area contributed by atoms with Gasteiger partial charge in [-0.1, -0.05) is 5.16 Å². The number of hydrogen-bond donors (Lipinski definition) is 2. The minimum Gasteiger partial charge on any atom is -0.493 e. The van der Waals surface area contributed by atoms with E-state index in [0.29, 0.717) is 35.8 Å². The summed E-state index contributed by atoms with van der Waals surface area (Å²) in [5.74, 6) is 3.38. The molecule has 0 radical (unpaired) electrons. The van der Waals surface area contributed by atoms with E-state index >= 15 is 0 Å². The maximum Gasteiger partial charge on any atom is 0.226 e. The first-order valence-electron chi connectivity index (χ1n) is 8.24. The summed E-state index contributed by atoms with van der Waals surface area (Å²) < 4.78 is 16.0. The molecule has 0 bridgehead atoms. The summed E-state index contributed by atoms with van der Waals surface area (Å²) in [6.45, 7) is 5.05. The van der Waals surface area contributed by atoms with Crippen molar-refractivity contribution >= 4 is 35.6 Å². The number of guanidine groups is 1. The Kier molecular flexibility index (Phi) is 9.78. The molecule has 1 heterocycles. The Bertz CT molecular complexity index is 705. The average molecular weight is 475 g/mol. The number of aromatic nitrogens is 2. The zero-order valence-corrected chi connectivity index (χ0v) is 17.9. The summed E-state index contributed by atoms with van der Waals surface area (Å²) in [4.78, 5) is 8.40. The quantitative estimate of drug-likeness (QED) is 0.262. The normalized spacial score (nSPS) is 10.8. The van der Waals surface area contributed by atoms with Gasteiger partial charge in [-0.3, -0.25) is 4.99 Å². The van der Waals surface area contributed by atoms with Gasteiger partial charge in [-0.2, -0.15) is 4.98 Å². The number of nitrogens with one attached hydrogen (secondary N) is 2. The van der Waals surface area contributed by atoms with Crippen molar-refractivity contribution < 1.29 is 14.0 Å². The minimum absolute atomic E-state index is 0.